The molecule has 1 heterocycles. The Morgan fingerprint density at radius 1 is 1.47 bits per heavy atom. The smallest absolute Gasteiger partial charge is 0.225 e. The molecule has 0 radical (unpaired) electrons. The van der Waals surface area contributed by atoms with Gasteiger partial charge in [0, 0.05) is 35.5 Å². The summed E-state index contributed by atoms with van der Waals surface area (Å²) in [4.78, 5) is 11.3. The summed E-state index contributed by atoms with van der Waals surface area (Å²) in [5.74, 6) is 1.29. The van der Waals surface area contributed by atoms with Gasteiger partial charge in [-0.3, -0.25) is 0 Å². The number of hydrogen-bond acceptors (Lipinski definition) is 4. The second-order valence-electron chi connectivity index (χ2n) is 4.26. The Morgan fingerprint density at radius 3 is 2.53 bits per heavy atom. The first kappa shape index (κ1) is 14.6. The van der Waals surface area contributed by atoms with Gasteiger partial charge < -0.3 is 10.6 Å². The first-order chi connectivity index (χ1) is 7.99. The SMILES string of the molecule is CC(C)CN(CCC(N)=S)c1ncc(I)cn1. The molecule has 6 heteroatoms. The van der Waals surface area contributed by atoms with E-state index in [9.17, 15) is 0 Å². The molecule has 0 aliphatic rings. The first-order valence-electron chi connectivity index (χ1n) is 5.50. The molecule has 0 unspecified atom stereocenters. The maximum absolute atomic E-state index is 5.54. The van der Waals surface area contributed by atoms with Crippen LogP contribution in [0.2, 0.25) is 0 Å². The van der Waals surface area contributed by atoms with Crippen molar-refractivity contribution < 1.29 is 0 Å². The van der Waals surface area contributed by atoms with Crippen molar-refractivity contribution in [1.82, 2.24) is 9.97 Å². The van der Waals surface area contributed by atoms with Crippen LogP contribution in [0.1, 0.15) is 20.3 Å². The van der Waals surface area contributed by atoms with Crippen LogP contribution in [0.25, 0.3) is 0 Å². The fourth-order valence-electron chi connectivity index (χ4n) is 1.43. The molecule has 1 aromatic rings. The van der Waals surface area contributed by atoms with Crippen molar-refractivity contribution in [1.29, 1.82) is 0 Å². The molecule has 1 aromatic heterocycles. The van der Waals surface area contributed by atoms with Crippen molar-refractivity contribution in [2.24, 2.45) is 11.7 Å². The summed E-state index contributed by atoms with van der Waals surface area (Å²) < 4.78 is 1.03. The fourth-order valence-corrected chi connectivity index (χ4v) is 1.80. The van der Waals surface area contributed by atoms with Gasteiger partial charge in [-0.15, -0.1) is 0 Å². The zero-order chi connectivity index (χ0) is 12.8. The van der Waals surface area contributed by atoms with Gasteiger partial charge in [-0.25, -0.2) is 9.97 Å². The molecule has 0 amide bonds. The van der Waals surface area contributed by atoms with Crippen LogP contribution in [0.4, 0.5) is 5.95 Å². The molecule has 4 nitrogen and oxygen atoms in total. The van der Waals surface area contributed by atoms with Crippen molar-refractivity contribution in [2.45, 2.75) is 20.3 Å². The Labute approximate surface area is 121 Å². The summed E-state index contributed by atoms with van der Waals surface area (Å²) in [6.45, 7) is 6.01. The molecule has 0 atom stereocenters. The lowest BCUT2D eigenvalue weighted by molar-refractivity contribution is 0.604. The van der Waals surface area contributed by atoms with Crippen LogP contribution in [0.3, 0.4) is 0 Å². The van der Waals surface area contributed by atoms with Crippen LogP contribution in [0, 0.1) is 9.49 Å². The largest absolute Gasteiger partial charge is 0.393 e. The Kier molecular flexibility index (Phi) is 6.04. The van der Waals surface area contributed by atoms with Crippen LogP contribution in [-0.4, -0.2) is 28.0 Å². The van der Waals surface area contributed by atoms with E-state index in [2.05, 4.69) is 51.3 Å². The third-order valence-corrected chi connectivity index (χ3v) is 2.86. The number of aromatic nitrogens is 2. The van der Waals surface area contributed by atoms with Gasteiger partial charge in [0.2, 0.25) is 5.95 Å². The Balaban J connectivity index is 2.74. The number of nitrogens with two attached hydrogens (primary N) is 1. The molecular weight excluding hydrogens is 347 g/mol. The maximum atomic E-state index is 5.54. The predicted molar refractivity (Wildman–Crippen MR) is 83.2 cm³/mol. The summed E-state index contributed by atoms with van der Waals surface area (Å²) in [5.41, 5.74) is 5.54. The molecule has 0 saturated carbocycles. The number of thiocarbonyl (C=S) groups is 1. The van der Waals surface area contributed by atoms with Crippen molar-refractivity contribution >= 4 is 45.7 Å². The molecule has 1 rings (SSSR count). The van der Waals surface area contributed by atoms with Crippen molar-refractivity contribution in [3.05, 3.63) is 16.0 Å². The molecule has 0 spiro atoms. The number of anilines is 1. The number of nitrogens with zero attached hydrogens (tertiary/aromatic N) is 3. The molecular formula is C11H17IN4S. The average Bonchev–Trinajstić information content (AvgIpc) is 2.25. The number of rotatable bonds is 6. The first-order valence-corrected chi connectivity index (χ1v) is 6.98. The van der Waals surface area contributed by atoms with E-state index in [-0.39, 0.29) is 0 Å². The molecule has 0 fully saturated rings. The molecule has 17 heavy (non-hydrogen) atoms. The van der Waals surface area contributed by atoms with E-state index in [0.717, 1.165) is 22.6 Å². The lowest BCUT2D eigenvalue weighted by Crippen LogP contribution is -2.32. The standard InChI is InChI=1S/C11H17IN4S/c1-8(2)7-16(4-3-10(13)17)11-14-5-9(12)6-15-11/h5-6,8H,3-4,7H2,1-2H3,(H2,13,17). The number of hydrogen-bond donors (Lipinski definition) is 1. The quantitative estimate of drug-likeness (QED) is 0.620. The Hall–Kier alpha value is -0.500. The minimum atomic E-state index is 0.532. The van der Waals surface area contributed by atoms with E-state index >= 15 is 0 Å². The third kappa shape index (κ3) is 5.58. The lowest BCUT2D eigenvalue weighted by Gasteiger charge is -2.24. The molecule has 0 aromatic carbocycles. The van der Waals surface area contributed by atoms with E-state index in [0.29, 0.717) is 17.3 Å². The highest BCUT2D eigenvalue weighted by atomic mass is 127. The maximum Gasteiger partial charge on any atom is 0.225 e. The van der Waals surface area contributed by atoms with Gasteiger partial charge >= 0.3 is 0 Å². The summed E-state index contributed by atoms with van der Waals surface area (Å²) >= 11 is 7.10. The van der Waals surface area contributed by atoms with Crippen LogP contribution in [0.15, 0.2) is 12.4 Å². The molecule has 0 aliphatic heterocycles. The van der Waals surface area contributed by atoms with Crippen LogP contribution in [-0.2, 0) is 0 Å². The van der Waals surface area contributed by atoms with Gasteiger partial charge in [0.05, 0.1) is 4.99 Å². The van der Waals surface area contributed by atoms with E-state index in [1.165, 1.54) is 0 Å². The van der Waals surface area contributed by atoms with Gasteiger partial charge in [-0.2, -0.15) is 0 Å². The van der Waals surface area contributed by atoms with Gasteiger partial charge in [-0.05, 0) is 28.5 Å². The monoisotopic (exact) mass is 364 g/mol. The normalized spacial score (nSPS) is 10.6. The lowest BCUT2D eigenvalue weighted by atomic mass is 10.2. The van der Waals surface area contributed by atoms with E-state index in [1.54, 1.807) is 0 Å². The summed E-state index contributed by atoms with van der Waals surface area (Å²) in [7, 11) is 0. The number of halogens is 1. The zero-order valence-corrected chi connectivity index (χ0v) is 13.0. The minimum Gasteiger partial charge on any atom is -0.393 e. The highest BCUT2D eigenvalue weighted by Gasteiger charge is 2.11. The predicted octanol–water partition coefficient (Wildman–Crippen LogP) is 2.22. The van der Waals surface area contributed by atoms with E-state index < -0.39 is 0 Å². The van der Waals surface area contributed by atoms with Crippen LogP contribution < -0.4 is 10.6 Å². The zero-order valence-electron chi connectivity index (χ0n) is 10.1. The summed E-state index contributed by atoms with van der Waals surface area (Å²) in [6.07, 6.45) is 4.32. The fraction of sp³-hybridized carbons (Fsp3) is 0.545. The highest BCUT2D eigenvalue weighted by molar-refractivity contribution is 14.1. The Morgan fingerprint density at radius 2 is 2.06 bits per heavy atom. The molecule has 0 bridgehead atoms. The van der Waals surface area contributed by atoms with Gasteiger partial charge in [0.25, 0.3) is 0 Å². The topological polar surface area (TPSA) is 55.0 Å². The van der Waals surface area contributed by atoms with Crippen LogP contribution >= 0.6 is 34.8 Å². The molecule has 0 saturated heterocycles. The summed E-state index contributed by atoms with van der Waals surface area (Å²) in [6, 6.07) is 0. The average molecular weight is 364 g/mol. The van der Waals surface area contributed by atoms with Crippen LogP contribution in [0.5, 0.6) is 0 Å². The highest BCUT2D eigenvalue weighted by Crippen LogP contribution is 2.11. The summed E-state index contributed by atoms with van der Waals surface area (Å²) in [5, 5.41) is 0. The molecule has 94 valence electrons. The van der Waals surface area contributed by atoms with Crippen molar-refractivity contribution in [3.63, 3.8) is 0 Å². The molecule has 2 N–H and O–H groups in total. The van der Waals surface area contributed by atoms with Crippen molar-refractivity contribution in [2.75, 3.05) is 18.0 Å². The minimum absolute atomic E-state index is 0.532. The van der Waals surface area contributed by atoms with Gasteiger partial charge in [-0.1, -0.05) is 26.1 Å². The second kappa shape index (κ2) is 7.05. The van der Waals surface area contributed by atoms with E-state index in [4.69, 9.17) is 18.0 Å². The third-order valence-electron chi connectivity index (χ3n) is 2.10. The van der Waals surface area contributed by atoms with Gasteiger partial charge in [0.15, 0.2) is 0 Å². The second-order valence-corrected chi connectivity index (χ2v) is 6.03. The molecule has 0 aliphatic carbocycles. The van der Waals surface area contributed by atoms with E-state index in [1.807, 2.05) is 12.4 Å². The van der Waals surface area contributed by atoms with Crippen molar-refractivity contribution in [3.8, 4) is 0 Å². The Bertz CT molecular complexity index is 366. The van der Waals surface area contributed by atoms with Gasteiger partial charge in [0.1, 0.15) is 0 Å².